The van der Waals surface area contributed by atoms with Crippen LogP contribution in [0.2, 0.25) is 0 Å². The normalized spacial score (nSPS) is 17.3. The zero-order valence-corrected chi connectivity index (χ0v) is 17.4. The van der Waals surface area contributed by atoms with E-state index in [2.05, 4.69) is 25.5 Å². The van der Waals surface area contributed by atoms with Crippen molar-refractivity contribution >= 4 is 15.9 Å². The number of carbonyl (C=O) groups excluding carboxylic acids is 1. The van der Waals surface area contributed by atoms with Crippen molar-refractivity contribution in [3.63, 3.8) is 0 Å². The average Bonchev–Trinajstić information content (AvgIpc) is 3.06. The Morgan fingerprint density at radius 1 is 1.19 bits per heavy atom. The fourth-order valence-electron chi connectivity index (χ4n) is 3.53. The molecule has 5 nitrogen and oxygen atoms in total. The first-order chi connectivity index (χ1) is 12.0. The van der Waals surface area contributed by atoms with Crippen LogP contribution in [0.15, 0.2) is 29.2 Å². The summed E-state index contributed by atoms with van der Waals surface area (Å²) in [7, 11) is -1.95. The molecule has 0 radical (unpaired) electrons. The highest BCUT2D eigenvalue weighted by Gasteiger charge is 2.29. The van der Waals surface area contributed by atoms with E-state index in [4.69, 9.17) is 0 Å². The van der Waals surface area contributed by atoms with Gasteiger partial charge in [0, 0.05) is 13.1 Å². The van der Waals surface area contributed by atoms with Gasteiger partial charge in [-0.3, -0.25) is 4.79 Å². The zero-order valence-electron chi connectivity index (χ0n) is 16.6. The maximum atomic E-state index is 12.6. The van der Waals surface area contributed by atoms with Crippen LogP contribution in [0.3, 0.4) is 0 Å². The lowest BCUT2D eigenvalue weighted by Crippen LogP contribution is -2.48. The van der Waals surface area contributed by atoms with Gasteiger partial charge in [-0.15, -0.1) is 0 Å². The van der Waals surface area contributed by atoms with Crippen molar-refractivity contribution in [2.45, 2.75) is 76.8 Å². The smallest absolute Gasteiger partial charge is 0.241 e. The molecular formula is C20H32N2O3S. The third-order valence-corrected chi connectivity index (χ3v) is 6.45. The van der Waals surface area contributed by atoms with Gasteiger partial charge in [-0.1, -0.05) is 45.7 Å². The standard InChI is InChI=1S/C20H32N2O3S/c1-15(19(23)22(5)17-8-6-7-9-17)21-26(24,25)18-12-10-16(11-13-18)14-20(2,3)4/h10-13,15,17,21H,6-9,14H2,1-5H3. The van der Waals surface area contributed by atoms with Gasteiger partial charge in [0.15, 0.2) is 0 Å². The molecule has 2 rings (SSSR count). The zero-order chi connectivity index (χ0) is 19.5. The Morgan fingerprint density at radius 3 is 2.23 bits per heavy atom. The van der Waals surface area contributed by atoms with Crippen LogP contribution in [-0.2, 0) is 21.2 Å². The van der Waals surface area contributed by atoms with Gasteiger partial charge >= 0.3 is 0 Å². The first-order valence-corrected chi connectivity index (χ1v) is 10.9. The molecule has 26 heavy (non-hydrogen) atoms. The van der Waals surface area contributed by atoms with Crippen LogP contribution in [0.4, 0.5) is 0 Å². The van der Waals surface area contributed by atoms with Crippen LogP contribution in [0.25, 0.3) is 0 Å². The van der Waals surface area contributed by atoms with Gasteiger partial charge < -0.3 is 4.90 Å². The Kier molecular flexibility index (Phi) is 6.51. The monoisotopic (exact) mass is 380 g/mol. The minimum absolute atomic E-state index is 0.143. The summed E-state index contributed by atoms with van der Waals surface area (Å²) in [5, 5.41) is 0. The van der Waals surface area contributed by atoms with Crippen molar-refractivity contribution in [1.82, 2.24) is 9.62 Å². The highest BCUT2D eigenvalue weighted by Crippen LogP contribution is 2.24. The number of nitrogens with zero attached hydrogens (tertiary/aromatic N) is 1. The maximum Gasteiger partial charge on any atom is 0.241 e. The number of sulfonamides is 1. The number of carbonyl (C=O) groups is 1. The van der Waals surface area contributed by atoms with Crippen LogP contribution < -0.4 is 4.72 Å². The Morgan fingerprint density at radius 2 is 1.73 bits per heavy atom. The predicted octanol–water partition coefficient (Wildman–Crippen LogP) is 3.34. The van der Waals surface area contributed by atoms with Crippen LogP contribution in [0, 0.1) is 5.41 Å². The molecular weight excluding hydrogens is 348 g/mol. The molecule has 1 aliphatic rings. The molecule has 1 amide bonds. The van der Waals surface area contributed by atoms with Gasteiger partial charge in [-0.25, -0.2) is 8.42 Å². The van der Waals surface area contributed by atoms with E-state index in [1.165, 1.54) is 0 Å². The molecule has 1 saturated carbocycles. The highest BCUT2D eigenvalue weighted by molar-refractivity contribution is 7.89. The lowest BCUT2D eigenvalue weighted by atomic mass is 9.88. The third kappa shape index (κ3) is 5.55. The van der Waals surface area contributed by atoms with Gasteiger partial charge in [-0.05, 0) is 49.3 Å². The number of hydrogen-bond donors (Lipinski definition) is 1. The van der Waals surface area contributed by atoms with E-state index in [-0.39, 0.29) is 22.3 Å². The Labute approximate surface area is 158 Å². The number of amides is 1. The minimum atomic E-state index is -3.72. The van der Waals surface area contributed by atoms with Crippen molar-refractivity contribution < 1.29 is 13.2 Å². The Balaban J connectivity index is 2.03. The second-order valence-electron chi connectivity index (χ2n) is 8.61. The van der Waals surface area contributed by atoms with Crippen LogP contribution >= 0.6 is 0 Å². The van der Waals surface area contributed by atoms with Crippen molar-refractivity contribution in [2.24, 2.45) is 5.41 Å². The molecule has 1 fully saturated rings. The van der Waals surface area contributed by atoms with Crippen molar-refractivity contribution in [3.8, 4) is 0 Å². The summed E-state index contributed by atoms with van der Waals surface area (Å²) in [4.78, 5) is 14.4. The summed E-state index contributed by atoms with van der Waals surface area (Å²) in [5.41, 5.74) is 1.24. The Bertz CT molecular complexity index is 714. The minimum Gasteiger partial charge on any atom is -0.341 e. The molecule has 0 aliphatic heterocycles. The van der Waals surface area contributed by atoms with Crippen LogP contribution in [-0.4, -0.2) is 38.4 Å². The summed E-state index contributed by atoms with van der Waals surface area (Å²) < 4.78 is 27.7. The topological polar surface area (TPSA) is 66.5 Å². The molecule has 146 valence electrons. The molecule has 0 spiro atoms. The molecule has 1 aromatic rings. The lowest BCUT2D eigenvalue weighted by molar-refractivity contribution is -0.133. The van der Waals surface area contributed by atoms with Gasteiger partial charge in [0.1, 0.15) is 0 Å². The molecule has 0 bridgehead atoms. The maximum absolute atomic E-state index is 12.6. The predicted molar refractivity (Wildman–Crippen MR) is 104 cm³/mol. The quantitative estimate of drug-likeness (QED) is 0.823. The number of nitrogens with one attached hydrogen (secondary N) is 1. The van der Waals surface area contributed by atoms with Crippen molar-refractivity contribution in [2.75, 3.05) is 7.05 Å². The summed E-state index contributed by atoms with van der Waals surface area (Å²) in [6.45, 7) is 8.05. The van der Waals surface area contributed by atoms with Crippen molar-refractivity contribution in [1.29, 1.82) is 0 Å². The number of likely N-dealkylation sites (N-methyl/N-ethyl adjacent to an activating group) is 1. The lowest BCUT2D eigenvalue weighted by Gasteiger charge is -2.27. The van der Waals surface area contributed by atoms with E-state index in [0.717, 1.165) is 37.7 Å². The number of hydrogen-bond acceptors (Lipinski definition) is 3. The summed E-state index contributed by atoms with van der Waals surface area (Å²) in [6, 6.07) is 6.36. The van der Waals surface area contributed by atoms with E-state index < -0.39 is 16.1 Å². The molecule has 0 saturated heterocycles. The second-order valence-corrected chi connectivity index (χ2v) is 10.3. The number of benzene rings is 1. The van der Waals surface area contributed by atoms with Gasteiger partial charge in [0.2, 0.25) is 15.9 Å². The SMILES string of the molecule is CC(NS(=O)(=O)c1ccc(CC(C)(C)C)cc1)C(=O)N(C)C1CCCC1. The molecule has 0 heterocycles. The second kappa shape index (κ2) is 8.09. The van der Waals surface area contributed by atoms with Crippen molar-refractivity contribution in [3.05, 3.63) is 29.8 Å². The van der Waals surface area contributed by atoms with Crippen LogP contribution in [0.1, 0.15) is 58.9 Å². The van der Waals surface area contributed by atoms with E-state index >= 15 is 0 Å². The van der Waals surface area contributed by atoms with Gasteiger partial charge in [0.25, 0.3) is 0 Å². The van der Waals surface area contributed by atoms with Gasteiger partial charge in [-0.2, -0.15) is 4.72 Å². The van der Waals surface area contributed by atoms with Crippen LogP contribution in [0.5, 0.6) is 0 Å². The third-order valence-electron chi connectivity index (χ3n) is 4.89. The molecule has 1 aliphatic carbocycles. The van der Waals surface area contributed by atoms with E-state index in [9.17, 15) is 13.2 Å². The van der Waals surface area contributed by atoms with Gasteiger partial charge in [0.05, 0.1) is 10.9 Å². The molecule has 1 unspecified atom stereocenters. The Hall–Kier alpha value is -1.40. The van der Waals surface area contributed by atoms with E-state index in [1.807, 2.05) is 12.1 Å². The fraction of sp³-hybridized carbons (Fsp3) is 0.650. The first kappa shape index (κ1) is 20.9. The molecule has 6 heteroatoms. The first-order valence-electron chi connectivity index (χ1n) is 9.37. The summed E-state index contributed by atoms with van der Waals surface area (Å²) in [6.07, 6.45) is 5.13. The molecule has 0 aromatic heterocycles. The molecule has 1 aromatic carbocycles. The van der Waals surface area contributed by atoms with E-state index in [1.54, 1.807) is 31.0 Å². The summed E-state index contributed by atoms with van der Waals surface area (Å²) in [5.74, 6) is -0.176. The fourth-order valence-corrected chi connectivity index (χ4v) is 4.72. The molecule has 1 N–H and O–H groups in total. The molecule has 1 atom stereocenters. The summed E-state index contributed by atoms with van der Waals surface area (Å²) >= 11 is 0. The van der Waals surface area contributed by atoms with E-state index in [0.29, 0.717) is 0 Å². The highest BCUT2D eigenvalue weighted by atomic mass is 32.2. The average molecular weight is 381 g/mol. The largest absolute Gasteiger partial charge is 0.341 e. The number of rotatable bonds is 6.